The maximum absolute atomic E-state index is 11.0. The number of ether oxygens (including phenoxy) is 2. The molecule has 0 aliphatic heterocycles. The second-order valence-corrected chi connectivity index (χ2v) is 2.47. The molecule has 0 aromatic carbocycles. The summed E-state index contributed by atoms with van der Waals surface area (Å²) in [6, 6.07) is 0. The Hall–Kier alpha value is -1.01. The SMILES string of the molecule is C#CCC(C)C(=O)OCCOC. The Morgan fingerprint density at radius 1 is 1.58 bits per heavy atom. The first-order valence-electron chi connectivity index (χ1n) is 3.81. The number of hydrogen-bond donors (Lipinski definition) is 0. The number of methoxy groups -OCH3 is 1. The lowest BCUT2D eigenvalue weighted by atomic mass is 10.1. The summed E-state index contributed by atoms with van der Waals surface area (Å²) in [4.78, 5) is 11.0. The molecule has 0 spiro atoms. The Labute approximate surface area is 73.0 Å². The van der Waals surface area contributed by atoms with Crippen molar-refractivity contribution in [3.63, 3.8) is 0 Å². The summed E-state index contributed by atoms with van der Waals surface area (Å²) in [7, 11) is 1.55. The predicted molar refractivity (Wildman–Crippen MR) is 45.4 cm³/mol. The summed E-state index contributed by atoms with van der Waals surface area (Å²) in [5, 5.41) is 0. The minimum absolute atomic E-state index is 0.216. The minimum atomic E-state index is -0.259. The fraction of sp³-hybridized carbons (Fsp3) is 0.667. The summed E-state index contributed by atoms with van der Waals surface area (Å²) in [5.74, 6) is 1.93. The van der Waals surface area contributed by atoms with Crippen molar-refractivity contribution in [1.29, 1.82) is 0 Å². The highest BCUT2D eigenvalue weighted by Gasteiger charge is 2.12. The second-order valence-electron chi connectivity index (χ2n) is 2.47. The Balaban J connectivity index is 3.51. The van der Waals surface area contributed by atoms with Crippen LogP contribution in [0.4, 0.5) is 0 Å². The summed E-state index contributed by atoms with van der Waals surface area (Å²) >= 11 is 0. The van der Waals surface area contributed by atoms with Crippen LogP contribution in [0.5, 0.6) is 0 Å². The molecule has 0 saturated carbocycles. The average Bonchev–Trinajstić information content (AvgIpc) is 2.05. The molecule has 1 atom stereocenters. The third-order valence-corrected chi connectivity index (χ3v) is 1.36. The molecule has 12 heavy (non-hydrogen) atoms. The van der Waals surface area contributed by atoms with E-state index in [2.05, 4.69) is 5.92 Å². The van der Waals surface area contributed by atoms with Crippen LogP contribution in [-0.2, 0) is 14.3 Å². The van der Waals surface area contributed by atoms with E-state index in [1.165, 1.54) is 0 Å². The largest absolute Gasteiger partial charge is 0.463 e. The number of rotatable bonds is 5. The highest BCUT2D eigenvalue weighted by atomic mass is 16.6. The monoisotopic (exact) mass is 170 g/mol. The van der Waals surface area contributed by atoms with Gasteiger partial charge in [-0.15, -0.1) is 12.3 Å². The minimum Gasteiger partial charge on any atom is -0.463 e. The van der Waals surface area contributed by atoms with Crippen molar-refractivity contribution in [2.45, 2.75) is 13.3 Å². The molecule has 0 aromatic rings. The first-order chi connectivity index (χ1) is 5.72. The van der Waals surface area contributed by atoms with Crippen LogP contribution >= 0.6 is 0 Å². The molecule has 0 saturated heterocycles. The van der Waals surface area contributed by atoms with E-state index >= 15 is 0 Å². The van der Waals surface area contributed by atoms with E-state index in [0.717, 1.165) is 0 Å². The number of esters is 1. The van der Waals surface area contributed by atoms with Crippen LogP contribution in [0, 0.1) is 18.3 Å². The van der Waals surface area contributed by atoms with E-state index in [9.17, 15) is 4.79 Å². The van der Waals surface area contributed by atoms with Gasteiger partial charge in [0.2, 0.25) is 0 Å². The Kier molecular flexibility index (Phi) is 6.12. The van der Waals surface area contributed by atoms with E-state index in [4.69, 9.17) is 15.9 Å². The van der Waals surface area contributed by atoms with Gasteiger partial charge in [-0.2, -0.15) is 0 Å². The smallest absolute Gasteiger partial charge is 0.309 e. The van der Waals surface area contributed by atoms with Gasteiger partial charge < -0.3 is 9.47 Å². The first kappa shape index (κ1) is 11.0. The van der Waals surface area contributed by atoms with Gasteiger partial charge in [-0.1, -0.05) is 6.92 Å². The van der Waals surface area contributed by atoms with Gasteiger partial charge >= 0.3 is 5.97 Å². The van der Waals surface area contributed by atoms with E-state index < -0.39 is 0 Å². The molecule has 0 heterocycles. The second kappa shape index (κ2) is 6.68. The van der Waals surface area contributed by atoms with Gasteiger partial charge in [-0.3, -0.25) is 4.79 Å². The molecule has 0 fully saturated rings. The zero-order chi connectivity index (χ0) is 9.40. The van der Waals surface area contributed by atoms with Crippen molar-refractivity contribution in [3.8, 4) is 12.3 Å². The van der Waals surface area contributed by atoms with Crippen molar-refractivity contribution in [1.82, 2.24) is 0 Å². The Bertz CT molecular complexity index is 169. The van der Waals surface area contributed by atoms with Crippen molar-refractivity contribution in [3.05, 3.63) is 0 Å². The Morgan fingerprint density at radius 3 is 2.75 bits per heavy atom. The van der Waals surface area contributed by atoms with Gasteiger partial charge in [-0.25, -0.2) is 0 Å². The van der Waals surface area contributed by atoms with E-state index in [1.54, 1.807) is 14.0 Å². The fourth-order valence-electron chi connectivity index (χ4n) is 0.628. The molecule has 0 rings (SSSR count). The Morgan fingerprint density at radius 2 is 2.25 bits per heavy atom. The zero-order valence-corrected chi connectivity index (χ0v) is 7.50. The van der Waals surface area contributed by atoms with E-state index in [-0.39, 0.29) is 11.9 Å². The standard InChI is InChI=1S/C9H14O3/c1-4-5-8(2)9(10)12-7-6-11-3/h1,8H,5-7H2,2-3H3. The molecular formula is C9H14O3. The highest BCUT2D eigenvalue weighted by Crippen LogP contribution is 2.02. The molecular weight excluding hydrogens is 156 g/mol. The zero-order valence-electron chi connectivity index (χ0n) is 7.50. The first-order valence-corrected chi connectivity index (χ1v) is 3.81. The van der Waals surface area contributed by atoms with Crippen LogP contribution in [0.25, 0.3) is 0 Å². The summed E-state index contributed by atoms with van der Waals surface area (Å²) in [5.41, 5.74) is 0. The predicted octanol–water partition coefficient (Wildman–Crippen LogP) is 0.835. The average molecular weight is 170 g/mol. The third kappa shape index (κ3) is 4.75. The summed E-state index contributed by atoms with van der Waals surface area (Å²) < 4.78 is 9.55. The lowest BCUT2D eigenvalue weighted by molar-refractivity contribution is -0.149. The number of terminal acetylenes is 1. The molecule has 0 radical (unpaired) electrons. The van der Waals surface area contributed by atoms with Crippen molar-refractivity contribution in [2.24, 2.45) is 5.92 Å². The van der Waals surface area contributed by atoms with Crippen LogP contribution < -0.4 is 0 Å². The molecule has 1 unspecified atom stereocenters. The van der Waals surface area contributed by atoms with Gasteiger partial charge in [0.1, 0.15) is 6.61 Å². The molecule has 68 valence electrons. The molecule has 0 aliphatic carbocycles. The normalized spacial score (nSPS) is 11.8. The van der Waals surface area contributed by atoms with Crippen LogP contribution in [-0.4, -0.2) is 26.3 Å². The maximum atomic E-state index is 11.0. The summed E-state index contributed by atoms with van der Waals surface area (Å²) in [6.07, 6.45) is 5.46. The number of carbonyl (C=O) groups excluding carboxylic acids is 1. The van der Waals surface area contributed by atoms with Gasteiger partial charge in [-0.05, 0) is 0 Å². The van der Waals surface area contributed by atoms with Gasteiger partial charge in [0.25, 0.3) is 0 Å². The van der Waals surface area contributed by atoms with Crippen molar-refractivity contribution < 1.29 is 14.3 Å². The van der Waals surface area contributed by atoms with Crippen LogP contribution in [0.3, 0.4) is 0 Å². The van der Waals surface area contributed by atoms with Gasteiger partial charge in [0, 0.05) is 13.5 Å². The topological polar surface area (TPSA) is 35.5 Å². The molecule has 0 aromatic heterocycles. The lowest BCUT2D eigenvalue weighted by Gasteiger charge is -2.07. The maximum Gasteiger partial charge on any atom is 0.309 e. The third-order valence-electron chi connectivity index (χ3n) is 1.36. The molecule has 0 bridgehead atoms. The van der Waals surface area contributed by atoms with Crippen LogP contribution in [0.1, 0.15) is 13.3 Å². The van der Waals surface area contributed by atoms with Crippen LogP contribution in [0.15, 0.2) is 0 Å². The highest BCUT2D eigenvalue weighted by molar-refractivity contribution is 5.72. The number of carbonyl (C=O) groups is 1. The van der Waals surface area contributed by atoms with Gasteiger partial charge in [0.05, 0.1) is 12.5 Å². The molecule has 0 aliphatic rings. The van der Waals surface area contributed by atoms with E-state index in [0.29, 0.717) is 19.6 Å². The molecule has 0 N–H and O–H groups in total. The van der Waals surface area contributed by atoms with Crippen molar-refractivity contribution in [2.75, 3.05) is 20.3 Å². The number of hydrogen-bond acceptors (Lipinski definition) is 3. The van der Waals surface area contributed by atoms with Crippen LogP contribution in [0.2, 0.25) is 0 Å². The summed E-state index contributed by atoms with van der Waals surface area (Å²) in [6.45, 7) is 2.47. The molecule has 3 heteroatoms. The molecule has 3 nitrogen and oxygen atoms in total. The fourth-order valence-corrected chi connectivity index (χ4v) is 0.628. The quantitative estimate of drug-likeness (QED) is 0.348. The molecule has 0 amide bonds. The lowest BCUT2D eigenvalue weighted by Crippen LogP contribution is -2.16. The van der Waals surface area contributed by atoms with E-state index in [1.807, 2.05) is 0 Å². The van der Waals surface area contributed by atoms with Crippen molar-refractivity contribution >= 4 is 5.97 Å². The van der Waals surface area contributed by atoms with Gasteiger partial charge in [0.15, 0.2) is 0 Å².